The van der Waals surface area contributed by atoms with Gasteiger partial charge in [-0.15, -0.1) is 0 Å². The lowest BCUT2D eigenvalue weighted by Gasteiger charge is -2.32. The normalized spacial score (nSPS) is 18.1. The van der Waals surface area contributed by atoms with Gasteiger partial charge in [0.15, 0.2) is 0 Å². The van der Waals surface area contributed by atoms with E-state index < -0.39 is 0 Å². The van der Waals surface area contributed by atoms with Crippen LogP contribution in [0.25, 0.3) is 0 Å². The highest BCUT2D eigenvalue weighted by Gasteiger charge is 2.28. The average molecular weight is 351 g/mol. The molecule has 0 atom stereocenters. The van der Waals surface area contributed by atoms with Crippen molar-refractivity contribution in [2.24, 2.45) is 0 Å². The maximum atomic E-state index is 12.6. The molecule has 0 N–H and O–H groups in total. The zero-order valence-electron chi connectivity index (χ0n) is 15.2. The number of nitrogens with zero attached hydrogens (tertiary/aromatic N) is 3. The highest BCUT2D eigenvalue weighted by Crippen LogP contribution is 2.38. The summed E-state index contributed by atoms with van der Waals surface area (Å²) in [6.45, 7) is 3.43. The number of amides is 1. The molecular weight excluding hydrogens is 326 g/mol. The van der Waals surface area contributed by atoms with Crippen LogP contribution in [0.5, 0.6) is 0 Å². The van der Waals surface area contributed by atoms with Gasteiger partial charge in [0.2, 0.25) is 5.91 Å². The summed E-state index contributed by atoms with van der Waals surface area (Å²) in [6, 6.07) is 11.7. The van der Waals surface area contributed by atoms with Crippen LogP contribution in [0.3, 0.4) is 0 Å². The number of aryl methyl sites for hydroxylation is 1. The molecule has 26 heavy (non-hydrogen) atoms. The third-order valence-electron chi connectivity index (χ3n) is 5.48. The second-order valence-electron chi connectivity index (χ2n) is 7.59. The Morgan fingerprint density at radius 3 is 2.38 bits per heavy atom. The molecule has 2 fully saturated rings. The fourth-order valence-corrected chi connectivity index (χ4v) is 3.65. The van der Waals surface area contributed by atoms with Gasteiger partial charge in [0.05, 0.1) is 18.2 Å². The van der Waals surface area contributed by atoms with Gasteiger partial charge >= 0.3 is 0 Å². The quantitative estimate of drug-likeness (QED) is 0.851. The number of rotatable bonds is 4. The standard InChI is InChI=1S/C21H25N3O2/c1-15-2-4-16(5-3-15)14-21(26)23-12-10-18(11-13-23)24-20(25)9-8-19(22-24)17-6-7-17/h2-5,8-9,17-18H,6-7,10-14H2,1H3. The minimum Gasteiger partial charge on any atom is -0.342 e. The maximum Gasteiger partial charge on any atom is 0.267 e. The molecule has 0 bridgehead atoms. The maximum absolute atomic E-state index is 12.6. The molecule has 1 aliphatic carbocycles. The van der Waals surface area contributed by atoms with E-state index in [9.17, 15) is 9.59 Å². The summed E-state index contributed by atoms with van der Waals surface area (Å²) in [5.41, 5.74) is 3.27. The molecule has 2 heterocycles. The minimum atomic E-state index is -0.0289. The van der Waals surface area contributed by atoms with Gasteiger partial charge in [0.25, 0.3) is 5.56 Å². The van der Waals surface area contributed by atoms with E-state index in [1.807, 2.05) is 42.2 Å². The van der Waals surface area contributed by atoms with E-state index in [4.69, 9.17) is 0 Å². The summed E-state index contributed by atoms with van der Waals surface area (Å²) in [6.07, 6.45) is 4.38. The Morgan fingerprint density at radius 1 is 1.04 bits per heavy atom. The van der Waals surface area contributed by atoms with Crippen molar-refractivity contribution in [1.82, 2.24) is 14.7 Å². The first-order valence-electron chi connectivity index (χ1n) is 9.53. The molecule has 1 aliphatic heterocycles. The van der Waals surface area contributed by atoms with E-state index in [1.165, 1.54) is 18.4 Å². The van der Waals surface area contributed by atoms with Crippen molar-refractivity contribution in [1.29, 1.82) is 0 Å². The molecule has 4 rings (SSSR count). The first-order valence-corrected chi connectivity index (χ1v) is 9.53. The molecule has 2 aliphatic rings. The smallest absolute Gasteiger partial charge is 0.267 e. The first-order chi connectivity index (χ1) is 12.6. The van der Waals surface area contributed by atoms with Crippen molar-refractivity contribution in [3.8, 4) is 0 Å². The van der Waals surface area contributed by atoms with Gasteiger partial charge in [-0.25, -0.2) is 4.68 Å². The lowest BCUT2D eigenvalue weighted by Crippen LogP contribution is -2.42. The molecule has 1 amide bonds. The van der Waals surface area contributed by atoms with Crippen molar-refractivity contribution < 1.29 is 4.79 Å². The van der Waals surface area contributed by atoms with Crippen molar-refractivity contribution >= 4 is 5.91 Å². The van der Waals surface area contributed by atoms with Gasteiger partial charge in [-0.2, -0.15) is 5.10 Å². The summed E-state index contributed by atoms with van der Waals surface area (Å²) in [7, 11) is 0. The van der Waals surface area contributed by atoms with Crippen molar-refractivity contribution in [3.63, 3.8) is 0 Å². The van der Waals surface area contributed by atoms with Crippen LogP contribution in [-0.2, 0) is 11.2 Å². The van der Waals surface area contributed by atoms with Crippen molar-refractivity contribution in [2.75, 3.05) is 13.1 Å². The number of hydrogen-bond acceptors (Lipinski definition) is 3. The van der Waals surface area contributed by atoms with E-state index >= 15 is 0 Å². The molecule has 0 spiro atoms. The van der Waals surface area contributed by atoms with Gasteiger partial charge in [-0.3, -0.25) is 9.59 Å². The van der Waals surface area contributed by atoms with Gasteiger partial charge in [0, 0.05) is 25.1 Å². The van der Waals surface area contributed by atoms with Crippen molar-refractivity contribution in [3.05, 3.63) is 63.6 Å². The van der Waals surface area contributed by atoms with Crippen LogP contribution in [0.1, 0.15) is 54.5 Å². The lowest BCUT2D eigenvalue weighted by molar-refractivity contribution is -0.131. The molecule has 1 aromatic heterocycles. The predicted molar refractivity (Wildman–Crippen MR) is 100 cm³/mol. The number of piperidine rings is 1. The Kier molecular flexibility index (Phi) is 4.62. The van der Waals surface area contributed by atoms with Gasteiger partial charge in [-0.1, -0.05) is 29.8 Å². The van der Waals surface area contributed by atoms with E-state index in [-0.39, 0.29) is 17.5 Å². The molecule has 0 unspecified atom stereocenters. The molecule has 5 nitrogen and oxygen atoms in total. The molecule has 2 aromatic rings. The van der Waals surface area contributed by atoms with Crippen LogP contribution in [0.4, 0.5) is 0 Å². The molecule has 1 aromatic carbocycles. The molecule has 1 saturated carbocycles. The summed E-state index contributed by atoms with van der Waals surface area (Å²) >= 11 is 0. The van der Waals surface area contributed by atoms with Crippen LogP contribution in [-0.4, -0.2) is 33.7 Å². The van der Waals surface area contributed by atoms with Crippen LogP contribution >= 0.6 is 0 Å². The zero-order valence-corrected chi connectivity index (χ0v) is 15.2. The number of hydrogen-bond donors (Lipinski definition) is 0. The molecule has 0 radical (unpaired) electrons. The fourth-order valence-electron chi connectivity index (χ4n) is 3.65. The van der Waals surface area contributed by atoms with Gasteiger partial charge < -0.3 is 4.90 Å². The summed E-state index contributed by atoms with van der Waals surface area (Å²) in [5.74, 6) is 0.706. The summed E-state index contributed by atoms with van der Waals surface area (Å²) in [4.78, 5) is 26.7. The van der Waals surface area contributed by atoms with E-state index in [2.05, 4.69) is 5.10 Å². The number of likely N-dealkylation sites (tertiary alicyclic amines) is 1. The van der Waals surface area contributed by atoms with Gasteiger partial charge in [0.1, 0.15) is 0 Å². The second-order valence-corrected chi connectivity index (χ2v) is 7.59. The number of aromatic nitrogens is 2. The molecular formula is C21H25N3O2. The lowest BCUT2D eigenvalue weighted by atomic mass is 10.0. The Bertz CT molecular complexity index is 844. The molecule has 1 saturated heterocycles. The van der Waals surface area contributed by atoms with E-state index in [0.717, 1.165) is 24.1 Å². The van der Waals surface area contributed by atoms with E-state index in [0.29, 0.717) is 25.4 Å². The third-order valence-corrected chi connectivity index (χ3v) is 5.48. The number of carbonyl (C=O) groups excluding carboxylic acids is 1. The number of benzene rings is 1. The highest BCUT2D eigenvalue weighted by atomic mass is 16.2. The Morgan fingerprint density at radius 2 is 1.73 bits per heavy atom. The molecule has 136 valence electrons. The Labute approximate surface area is 153 Å². The monoisotopic (exact) mass is 351 g/mol. The molecule has 5 heteroatoms. The van der Waals surface area contributed by atoms with E-state index in [1.54, 1.807) is 10.7 Å². The van der Waals surface area contributed by atoms with Crippen LogP contribution in [0, 0.1) is 6.92 Å². The predicted octanol–water partition coefficient (Wildman–Crippen LogP) is 2.84. The van der Waals surface area contributed by atoms with Crippen LogP contribution in [0.2, 0.25) is 0 Å². The second kappa shape index (κ2) is 7.06. The minimum absolute atomic E-state index is 0.0289. The SMILES string of the molecule is Cc1ccc(CC(=O)N2CCC(n3nc(C4CC4)ccc3=O)CC2)cc1. The average Bonchev–Trinajstić information content (AvgIpc) is 3.49. The summed E-state index contributed by atoms with van der Waals surface area (Å²) in [5, 5.41) is 4.60. The fraction of sp³-hybridized carbons (Fsp3) is 0.476. The zero-order chi connectivity index (χ0) is 18.1. The van der Waals surface area contributed by atoms with Crippen LogP contribution < -0.4 is 5.56 Å². The Balaban J connectivity index is 1.38. The third kappa shape index (κ3) is 3.71. The topological polar surface area (TPSA) is 55.2 Å². The summed E-state index contributed by atoms with van der Waals surface area (Å²) < 4.78 is 1.66. The highest BCUT2D eigenvalue weighted by molar-refractivity contribution is 5.78. The largest absolute Gasteiger partial charge is 0.342 e. The Hall–Kier alpha value is -2.43. The van der Waals surface area contributed by atoms with Gasteiger partial charge in [-0.05, 0) is 44.2 Å². The van der Waals surface area contributed by atoms with Crippen molar-refractivity contribution in [2.45, 2.75) is 51.0 Å². The number of carbonyl (C=O) groups is 1. The first kappa shape index (κ1) is 17.0. The van der Waals surface area contributed by atoms with Crippen LogP contribution in [0.15, 0.2) is 41.2 Å².